The standard InChI is InChI=1S/C15H18N4O5/c1-10(24-16-19(23)17-8-4-5-11(17)9-20)18-14(21)12-6-2-3-7-13(12)15(18)22/h2-3,6-7,10-11,20H,4-5,8-9H2,1H3/b19-16+/t10?,11-/m0/s1. The van der Waals surface area contributed by atoms with Crippen molar-refractivity contribution < 1.29 is 24.5 Å². The van der Waals surface area contributed by atoms with Crippen LogP contribution in [-0.2, 0) is 4.84 Å². The van der Waals surface area contributed by atoms with Crippen LogP contribution < -0.4 is 0 Å². The number of benzene rings is 1. The lowest BCUT2D eigenvalue weighted by atomic mass is 10.1. The number of amides is 2. The maximum Gasteiger partial charge on any atom is 0.264 e. The van der Waals surface area contributed by atoms with Gasteiger partial charge in [-0.2, -0.15) is 0 Å². The average molecular weight is 334 g/mol. The summed E-state index contributed by atoms with van der Waals surface area (Å²) < 4.78 is 0. The number of carbonyl (C=O) groups is 2. The molecule has 2 amide bonds. The van der Waals surface area contributed by atoms with Gasteiger partial charge in [-0.3, -0.25) is 9.59 Å². The first kappa shape index (κ1) is 16.2. The minimum absolute atomic E-state index is 0.151. The van der Waals surface area contributed by atoms with Crippen LogP contribution in [0, 0.1) is 5.21 Å². The van der Waals surface area contributed by atoms with Gasteiger partial charge in [0.25, 0.3) is 11.8 Å². The second kappa shape index (κ2) is 6.44. The molecule has 2 heterocycles. The summed E-state index contributed by atoms with van der Waals surface area (Å²) >= 11 is 0. The number of rotatable bonds is 5. The summed E-state index contributed by atoms with van der Waals surface area (Å²) in [4.78, 5) is 30.8. The zero-order valence-corrected chi connectivity index (χ0v) is 13.2. The Hall–Kier alpha value is -2.68. The number of hydrogen-bond donors (Lipinski definition) is 1. The molecule has 0 radical (unpaired) electrons. The SMILES string of the molecule is CC(O/N=[N+](/[O-])N1CCC[C@H]1CO)N1C(=O)c2ccccc2C1=O. The Kier molecular flexibility index (Phi) is 4.34. The van der Waals surface area contributed by atoms with Crippen molar-refractivity contribution in [2.75, 3.05) is 13.2 Å². The predicted molar refractivity (Wildman–Crippen MR) is 80.4 cm³/mol. The van der Waals surface area contributed by atoms with Crippen LogP contribution in [0.1, 0.15) is 40.5 Å². The van der Waals surface area contributed by atoms with E-state index in [1.807, 2.05) is 0 Å². The number of imide groups is 1. The van der Waals surface area contributed by atoms with Crippen LogP contribution in [0.15, 0.2) is 29.5 Å². The van der Waals surface area contributed by atoms with Gasteiger partial charge in [-0.05, 0) is 31.9 Å². The Bertz CT molecular complexity index is 657. The summed E-state index contributed by atoms with van der Waals surface area (Å²) in [5, 5.41) is 26.0. The van der Waals surface area contributed by atoms with Crippen molar-refractivity contribution in [1.29, 1.82) is 0 Å². The van der Waals surface area contributed by atoms with E-state index in [0.717, 1.165) is 11.3 Å². The summed E-state index contributed by atoms with van der Waals surface area (Å²) in [5.41, 5.74) is 0.605. The Balaban J connectivity index is 1.70. The van der Waals surface area contributed by atoms with Crippen LogP contribution in [0.3, 0.4) is 0 Å². The summed E-state index contributed by atoms with van der Waals surface area (Å²) in [6, 6.07) is 6.17. The van der Waals surface area contributed by atoms with Crippen molar-refractivity contribution in [2.45, 2.75) is 32.0 Å². The molecular formula is C15H18N4O5. The lowest BCUT2D eigenvalue weighted by molar-refractivity contribution is -0.716. The third kappa shape index (κ3) is 2.67. The number of aliphatic hydroxyl groups excluding tert-OH is 1. The molecule has 0 aromatic heterocycles. The van der Waals surface area contributed by atoms with Gasteiger partial charge < -0.3 is 15.2 Å². The first-order valence-corrected chi connectivity index (χ1v) is 7.73. The molecular weight excluding hydrogens is 316 g/mol. The van der Waals surface area contributed by atoms with Crippen molar-refractivity contribution >= 4 is 11.8 Å². The number of hydrazine groups is 1. The van der Waals surface area contributed by atoms with Crippen molar-refractivity contribution in [3.63, 3.8) is 0 Å². The zero-order valence-electron chi connectivity index (χ0n) is 13.2. The monoisotopic (exact) mass is 334 g/mol. The Morgan fingerprint density at radius 2 is 2.00 bits per heavy atom. The van der Waals surface area contributed by atoms with Crippen molar-refractivity contribution in [1.82, 2.24) is 9.91 Å². The molecule has 0 saturated carbocycles. The van der Waals surface area contributed by atoms with Gasteiger partial charge in [-0.1, -0.05) is 12.1 Å². The number of aliphatic hydroxyl groups is 1. The van der Waals surface area contributed by atoms with Crippen molar-refractivity contribution in [3.05, 3.63) is 40.6 Å². The number of hydrogen-bond acceptors (Lipinski definition) is 6. The lowest BCUT2D eigenvalue weighted by Gasteiger charge is -2.21. The molecule has 1 aromatic rings. The fourth-order valence-electron chi connectivity index (χ4n) is 2.97. The predicted octanol–water partition coefficient (Wildman–Crippen LogP) is 0.894. The van der Waals surface area contributed by atoms with Crippen LogP contribution in [0.2, 0.25) is 0 Å². The topological polar surface area (TPSA) is 109 Å². The Morgan fingerprint density at radius 1 is 1.38 bits per heavy atom. The van der Waals surface area contributed by atoms with Crippen LogP contribution >= 0.6 is 0 Å². The summed E-state index contributed by atoms with van der Waals surface area (Å²) in [7, 11) is 0. The molecule has 9 heteroatoms. The van der Waals surface area contributed by atoms with Gasteiger partial charge >= 0.3 is 0 Å². The first-order chi connectivity index (χ1) is 11.5. The lowest BCUT2D eigenvalue weighted by Crippen LogP contribution is -2.40. The molecule has 1 aromatic carbocycles. The molecule has 1 unspecified atom stereocenters. The fourth-order valence-corrected chi connectivity index (χ4v) is 2.97. The molecule has 0 aliphatic carbocycles. The molecule has 0 spiro atoms. The summed E-state index contributed by atoms with van der Waals surface area (Å²) in [6.07, 6.45) is 0.440. The van der Waals surface area contributed by atoms with Gasteiger partial charge in [0.1, 0.15) is 6.04 Å². The van der Waals surface area contributed by atoms with E-state index in [1.54, 1.807) is 24.3 Å². The van der Waals surface area contributed by atoms with Crippen LogP contribution in [0.25, 0.3) is 0 Å². The molecule has 2 atom stereocenters. The van der Waals surface area contributed by atoms with E-state index in [1.165, 1.54) is 11.9 Å². The summed E-state index contributed by atoms with van der Waals surface area (Å²) in [5.74, 6) is -0.963. The third-order valence-corrected chi connectivity index (χ3v) is 4.24. The molecule has 2 aliphatic rings. The van der Waals surface area contributed by atoms with E-state index in [4.69, 9.17) is 4.84 Å². The number of nitrogens with zero attached hydrogens (tertiary/aromatic N) is 4. The Labute approximate surface area is 138 Å². The molecule has 1 fully saturated rings. The quantitative estimate of drug-likeness (QED) is 0.371. The molecule has 1 saturated heterocycles. The summed E-state index contributed by atoms with van der Waals surface area (Å²) in [6.45, 7) is 1.78. The van der Waals surface area contributed by atoms with Crippen molar-refractivity contribution in [2.24, 2.45) is 5.28 Å². The van der Waals surface area contributed by atoms with Crippen LogP contribution in [0.4, 0.5) is 0 Å². The van der Waals surface area contributed by atoms with Crippen molar-refractivity contribution in [3.8, 4) is 0 Å². The third-order valence-electron chi connectivity index (χ3n) is 4.24. The van der Waals surface area contributed by atoms with E-state index in [2.05, 4.69) is 5.28 Å². The maximum atomic E-state index is 12.3. The number of fused-ring (bicyclic) bond motifs is 1. The molecule has 128 valence electrons. The fraction of sp³-hybridized carbons (Fsp3) is 0.467. The first-order valence-electron chi connectivity index (χ1n) is 7.73. The average Bonchev–Trinajstić information content (AvgIpc) is 3.16. The minimum Gasteiger partial charge on any atom is -0.569 e. The van der Waals surface area contributed by atoms with Crippen LogP contribution in [0.5, 0.6) is 0 Å². The van der Waals surface area contributed by atoms with Gasteiger partial charge in [-0.15, -0.1) is 5.01 Å². The highest BCUT2D eigenvalue weighted by Gasteiger charge is 2.40. The molecule has 3 rings (SSSR count). The second-order valence-corrected chi connectivity index (χ2v) is 5.71. The normalized spacial score (nSPS) is 22.1. The van der Waals surface area contributed by atoms with E-state index in [-0.39, 0.29) is 17.6 Å². The van der Waals surface area contributed by atoms with E-state index in [9.17, 15) is 19.9 Å². The highest BCUT2D eigenvalue weighted by atomic mass is 16.7. The van der Waals surface area contributed by atoms with Crippen LogP contribution in [-0.4, -0.2) is 57.2 Å². The molecule has 9 nitrogen and oxygen atoms in total. The highest BCUT2D eigenvalue weighted by Crippen LogP contribution is 2.25. The number of carbonyl (C=O) groups excluding carboxylic acids is 2. The van der Waals surface area contributed by atoms with E-state index >= 15 is 0 Å². The minimum atomic E-state index is -1.02. The second-order valence-electron chi connectivity index (χ2n) is 5.71. The Morgan fingerprint density at radius 3 is 2.58 bits per heavy atom. The molecule has 2 aliphatic heterocycles. The largest absolute Gasteiger partial charge is 0.569 e. The van der Waals surface area contributed by atoms with Gasteiger partial charge in [-0.25, -0.2) is 4.90 Å². The zero-order chi connectivity index (χ0) is 17.3. The van der Waals surface area contributed by atoms with E-state index < -0.39 is 18.0 Å². The van der Waals surface area contributed by atoms with Gasteiger partial charge in [0, 0.05) is 0 Å². The maximum absolute atomic E-state index is 12.3. The van der Waals surface area contributed by atoms with Gasteiger partial charge in [0.15, 0.2) is 0 Å². The molecule has 24 heavy (non-hydrogen) atoms. The van der Waals surface area contributed by atoms with Gasteiger partial charge in [0.2, 0.25) is 11.5 Å². The highest BCUT2D eigenvalue weighted by molar-refractivity contribution is 6.21. The molecule has 1 N–H and O–H groups in total. The smallest absolute Gasteiger partial charge is 0.264 e. The van der Waals surface area contributed by atoms with E-state index in [0.29, 0.717) is 24.1 Å². The van der Waals surface area contributed by atoms with Gasteiger partial charge in [0.05, 0.1) is 29.2 Å². The molecule has 0 bridgehead atoms.